The zero-order chi connectivity index (χ0) is 12.5. The second kappa shape index (κ2) is 4.59. The van der Waals surface area contributed by atoms with Crippen molar-refractivity contribution in [3.8, 4) is 16.0 Å². The molecular formula is C13H14N2S2. The topological polar surface area (TPSA) is 36.7 Å². The lowest BCUT2D eigenvalue weighted by atomic mass is 9.91. The summed E-state index contributed by atoms with van der Waals surface area (Å²) < 4.78 is 0. The fraction of sp³-hybridized carbons (Fsp3) is 0.385. The number of nitriles is 1. The van der Waals surface area contributed by atoms with E-state index in [0.29, 0.717) is 6.42 Å². The largest absolute Gasteiger partial charge is 0.239 e. The Morgan fingerprint density at radius 2 is 2.18 bits per heavy atom. The van der Waals surface area contributed by atoms with Crippen LogP contribution in [0.2, 0.25) is 0 Å². The summed E-state index contributed by atoms with van der Waals surface area (Å²) in [6, 6.07) is 6.33. The van der Waals surface area contributed by atoms with Gasteiger partial charge in [0.25, 0.3) is 0 Å². The molecule has 0 aliphatic rings. The van der Waals surface area contributed by atoms with Crippen molar-refractivity contribution in [3.05, 3.63) is 28.1 Å². The zero-order valence-electron chi connectivity index (χ0n) is 10.2. The first kappa shape index (κ1) is 12.3. The van der Waals surface area contributed by atoms with E-state index in [1.54, 1.807) is 22.7 Å². The van der Waals surface area contributed by atoms with Crippen molar-refractivity contribution < 1.29 is 0 Å². The lowest BCUT2D eigenvalue weighted by Gasteiger charge is -2.16. The van der Waals surface area contributed by atoms with Crippen LogP contribution >= 0.6 is 22.7 Å². The molecule has 0 bridgehead atoms. The van der Waals surface area contributed by atoms with Crippen LogP contribution in [0.3, 0.4) is 0 Å². The normalized spacial score (nSPS) is 11.4. The summed E-state index contributed by atoms with van der Waals surface area (Å²) in [5.74, 6) is 0. The van der Waals surface area contributed by atoms with E-state index in [-0.39, 0.29) is 5.41 Å². The summed E-state index contributed by atoms with van der Waals surface area (Å²) in [5.41, 5.74) is 1.06. The van der Waals surface area contributed by atoms with Gasteiger partial charge in [-0.1, -0.05) is 26.8 Å². The first-order valence-corrected chi connectivity index (χ1v) is 7.13. The highest BCUT2D eigenvalue weighted by atomic mass is 32.1. The van der Waals surface area contributed by atoms with Crippen molar-refractivity contribution >= 4 is 22.7 Å². The molecule has 2 aromatic heterocycles. The van der Waals surface area contributed by atoms with E-state index >= 15 is 0 Å². The molecule has 4 heteroatoms. The first-order chi connectivity index (χ1) is 8.02. The van der Waals surface area contributed by atoms with Gasteiger partial charge in [0.15, 0.2) is 0 Å². The Balaban J connectivity index is 2.49. The van der Waals surface area contributed by atoms with Crippen LogP contribution < -0.4 is 0 Å². The van der Waals surface area contributed by atoms with Crippen molar-refractivity contribution in [2.75, 3.05) is 0 Å². The Hall–Kier alpha value is -1.18. The molecule has 0 radical (unpaired) electrons. The van der Waals surface area contributed by atoms with Crippen LogP contribution in [0.1, 0.15) is 31.3 Å². The van der Waals surface area contributed by atoms with Crippen molar-refractivity contribution in [1.29, 1.82) is 5.26 Å². The van der Waals surface area contributed by atoms with Gasteiger partial charge in [-0.3, -0.25) is 0 Å². The monoisotopic (exact) mass is 262 g/mol. The van der Waals surface area contributed by atoms with Gasteiger partial charge < -0.3 is 0 Å². The van der Waals surface area contributed by atoms with Gasteiger partial charge in [-0.25, -0.2) is 4.98 Å². The molecule has 0 aliphatic heterocycles. The fourth-order valence-corrected chi connectivity index (χ4v) is 3.64. The average Bonchev–Trinajstić information content (AvgIpc) is 2.82. The van der Waals surface area contributed by atoms with E-state index in [1.165, 1.54) is 4.88 Å². The van der Waals surface area contributed by atoms with E-state index < -0.39 is 0 Å². The third-order valence-corrected chi connectivity index (χ3v) is 4.47. The number of thiophene rings is 1. The van der Waals surface area contributed by atoms with E-state index in [1.807, 2.05) is 6.07 Å². The Morgan fingerprint density at radius 1 is 1.41 bits per heavy atom. The molecule has 2 heterocycles. The minimum Gasteiger partial charge on any atom is -0.239 e. The maximum absolute atomic E-state index is 8.88. The Bertz CT molecular complexity index is 539. The second-order valence-electron chi connectivity index (χ2n) is 4.85. The van der Waals surface area contributed by atoms with Gasteiger partial charge in [-0.15, -0.1) is 22.7 Å². The van der Waals surface area contributed by atoms with Crippen molar-refractivity contribution in [2.45, 2.75) is 32.6 Å². The highest BCUT2D eigenvalue weighted by Gasteiger charge is 2.23. The van der Waals surface area contributed by atoms with Crippen LogP contribution in [0.4, 0.5) is 0 Å². The standard InChI is InChI=1S/C13H14N2S2/c1-13(2,3)11-9(6-7-14)17-12(15-11)10-5-4-8-16-10/h4-5,8H,6H2,1-3H3. The van der Waals surface area contributed by atoms with Gasteiger partial charge in [-0.2, -0.15) is 5.26 Å². The molecule has 0 unspecified atom stereocenters. The molecule has 0 N–H and O–H groups in total. The molecule has 88 valence electrons. The van der Waals surface area contributed by atoms with Crippen LogP contribution in [-0.4, -0.2) is 4.98 Å². The summed E-state index contributed by atoms with van der Waals surface area (Å²) in [6.07, 6.45) is 0.454. The Morgan fingerprint density at radius 3 is 2.71 bits per heavy atom. The SMILES string of the molecule is CC(C)(C)c1nc(-c2cccs2)sc1CC#N. The molecule has 0 amide bonds. The fourth-order valence-electron chi connectivity index (χ4n) is 1.63. The summed E-state index contributed by atoms with van der Waals surface area (Å²) in [7, 11) is 0. The van der Waals surface area contributed by atoms with Gasteiger partial charge in [0.05, 0.1) is 23.1 Å². The van der Waals surface area contributed by atoms with Gasteiger partial charge in [0.2, 0.25) is 0 Å². The van der Waals surface area contributed by atoms with Crippen LogP contribution in [0.15, 0.2) is 17.5 Å². The van der Waals surface area contributed by atoms with E-state index in [4.69, 9.17) is 10.2 Å². The van der Waals surface area contributed by atoms with E-state index in [2.05, 4.69) is 38.3 Å². The van der Waals surface area contributed by atoms with Crippen LogP contribution in [-0.2, 0) is 11.8 Å². The number of rotatable bonds is 2. The van der Waals surface area contributed by atoms with Crippen molar-refractivity contribution in [2.24, 2.45) is 0 Å². The molecule has 0 aliphatic carbocycles. The van der Waals surface area contributed by atoms with E-state index in [0.717, 1.165) is 15.6 Å². The number of nitrogens with zero attached hydrogens (tertiary/aromatic N) is 2. The highest BCUT2D eigenvalue weighted by Crippen LogP contribution is 2.36. The number of thiazole rings is 1. The Kier molecular flexibility index (Phi) is 3.32. The molecule has 0 aromatic carbocycles. The van der Waals surface area contributed by atoms with Gasteiger partial charge in [0, 0.05) is 10.3 Å². The molecule has 0 saturated carbocycles. The van der Waals surface area contributed by atoms with Crippen molar-refractivity contribution in [3.63, 3.8) is 0 Å². The molecule has 2 aromatic rings. The average molecular weight is 262 g/mol. The minimum absolute atomic E-state index is 0.00179. The zero-order valence-corrected chi connectivity index (χ0v) is 11.8. The summed E-state index contributed by atoms with van der Waals surface area (Å²) in [6.45, 7) is 6.42. The minimum atomic E-state index is -0.00179. The third kappa shape index (κ3) is 2.56. The summed E-state index contributed by atoms with van der Waals surface area (Å²) in [5, 5.41) is 12.0. The number of aromatic nitrogens is 1. The molecule has 0 saturated heterocycles. The maximum Gasteiger partial charge on any atom is 0.133 e. The summed E-state index contributed by atoms with van der Waals surface area (Å²) in [4.78, 5) is 7.01. The lowest BCUT2D eigenvalue weighted by Crippen LogP contribution is -2.13. The van der Waals surface area contributed by atoms with Crippen molar-refractivity contribution in [1.82, 2.24) is 4.98 Å². The predicted molar refractivity (Wildman–Crippen MR) is 73.4 cm³/mol. The molecule has 0 spiro atoms. The first-order valence-electron chi connectivity index (χ1n) is 5.43. The number of hydrogen-bond acceptors (Lipinski definition) is 4. The number of hydrogen-bond donors (Lipinski definition) is 0. The Labute approximate surface area is 110 Å². The van der Waals surface area contributed by atoms with Crippen LogP contribution in [0, 0.1) is 11.3 Å². The molecular weight excluding hydrogens is 248 g/mol. The molecule has 17 heavy (non-hydrogen) atoms. The highest BCUT2D eigenvalue weighted by molar-refractivity contribution is 7.21. The molecule has 2 rings (SSSR count). The third-order valence-electron chi connectivity index (χ3n) is 2.38. The smallest absolute Gasteiger partial charge is 0.133 e. The van der Waals surface area contributed by atoms with Gasteiger partial charge >= 0.3 is 0 Å². The van der Waals surface area contributed by atoms with E-state index in [9.17, 15) is 0 Å². The molecule has 0 atom stereocenters. The van der Waals surface area contributed by atoms with Gasteiger partial charge in [-0.05, 0) is 11.4 Å². The molecule has 2 nitrogen and oxygen atoms in total. The predicted octanol–water partition coefficient (Wildman–Crippen LogP) is 4.24. The van der Waals surface area contributed by atoms with Crippen LogP contribution in [0.25, 0.3) is 9.88 Å². The lowest BCUT2D eigenvalue weighted by molar-refractivity contribution is 0.568. The maximum atomic E-state index is 8.88. The second-order valence-corrected chi connectivity index (χ2v) is 6.88. The quantitative estimate of drug-likeness (QED) is 0.812. The van der Waals surface area contributed by atoms with Crippen LogP contribution in [0.5, 0.6) is 0 Å². The molecule has 0 fully saturated rings. The van der Waals surface area contributed by atoms with Gasteiger partial charge in [0.1, 0.15) is 5.01 Å². The summed E-state index contributed by atoms with van der Waals surface area (Å²) >= 11 is 3.34.